The molecule has 1 aromatic heterocycles. The number of carboxylic acid groups (broad SMARTS) is 1. The van der Waals surface area contributed by atoms with Crippen molar-refractivity contribution in [3.05, 3.63) is 24.4 Å². The van der Waals surface area contributed by atoms with Crippen LogP contribution in [0.25, 0.3) is 0 Å². The van der Waals surface area contributed by atoms with Crippen LogP contribution >= 0.6 is 0 Å². The highest BCUT2D eigenvalue weighted by Gasteiger charge is 2.51. The van der Waals surface area contributed by atoms with Gasteiger partial charge in [0.25, 0.3) is 15.9 Å². The van der Waals surface area contributed by atoms with Crippen LogP contribution in [-0.2, 0) is 26.1 Å². The Balaban J connectivity index is 2.06. The van der Waals surface area contributed by atoms with Gasteiger partial charge in [-0.3, -0.25) is 19.1 Å². The van der Waals surface area contributed by atoms with Crippen LogP contribution < -0.4 is 19.1 Å². The molecule has 0 spiro atoms. The van der Waals surface area contributed by atoms with Gasteiger partial charge in [-0.15, -0.1) is 5.10 Å². The zero-order valence-electron chi connectivity index (χ0n) is 23.4. The summed E-state index contributed by atoms with van der Waals surface area (Å²) in [6.45, 7) is 7.90. The molecule has 0 radical (unpaired) electrons. The van der Waals surface area contributed by atoms with Gasteiger partial charge in [-0.25, -0.2) is 13.2 Å². The number of ether oxygens (including phenoxy) is 3. The predicted octanol–water partition coefficient (Wildman–Crippen LogP) is 4.65. The number of carbonyl (C=O) groups excluding carboxylic acids is 1. The number of rotatable bonds is 10. The first kappa shape index (κ1) is 31.8. The van der Waals surface area contributed by atoms with Crippen LogP contribution in [0.4, 0.5) is 29.3 Å². The summed E-state index contributed by atoms with van der Waals surface area (Å²) in [4.78, 5) is 23.8. The number of hydrogen-bond donors (Lipinski definition) is 2. The third-order valence-electron chi connectivity index (χ3n) is 6.35. The average molecular weight is 607 g/mol. The number of aryl methyl sites for hydroxylation is 1. The molecule has 2 N–H and O–H groups in total. The van der Waals surface area contributed by atoms with E-state index in [0.29, 0.717) is 20.4 Å². The topological polar surface area (TPSA) is 149 Å². The number of halogens is 3. The van der Waals surface area contributed by atoms with Crippen molar-refractivity contribution in [1.29, 1.82) is 0 Å². The van der Waals surface area contributed by atoms with Crippen LogP contribution in [0, 0.1) is 5.41 Å². The van der Waals surface area contributed by atoms with Gasteiger partial charge >= 0.3 is 18.2 Å². The number of carboxylic acids is 1. The third kappa shape index (κ3) is 6.80. The molecule has 16 heteroatoms. The normalized spacial score (nSPS) is 16.0. The van der Waals surface area contributed by atoms with E-state index in [1.807, 2.05) is 0 Å². The lowest BCUT2D eigenvalue weighted by atomic mass is 9.86. The summed E-state index contributed by atoms with van der Waals surface area (Å²) in [7, 11) is -4.41. The maximum atomic E-state index is 14.0. The number of anilines is 2. The first-order chi connectivity index (χ1) is 18.8. The van der Waals surface area contributed by atoms with Crippen LogP contribution in [0.1, 0.15) is 48.0 Å². The van der Waals surface area contributed by atoms with Crippen molar-refractivity contribution in [3.8, 4) is 11.6 Å². The first-order valence-electron chi connectivity index (χ1n) is 12.7. The van der Waals surface area contributed by atoms with Gasteiger partial charge in [-0.05, 0) is 59.7 Å². The number of fused-ring (bicyclic) bond motifs is 1. The summed E-state index contributed by atoms with van der Waals surface area (Å²) in [5, 5.41) is 16.0. The van der Waals surface area contributed by atoms with Gasteiger partial charge in [-0.2, -0.15) is 13.2 Å². The highest BCUT2D eigenvalue weighted by Crippen LogP contribution is 2.42. The minimum atomic E-state index is -4.83. The second-order valence-electron chi connectivity index (χ2n) is 10.5. The van der Waals surface area contributed by atoms with Crippen molar-refractivity contribution in [1.82, 2.24) is 9.78 Å². The Hall–Kier alpha value is -3.69. The van der Waals surface area contributed by atoms with Gasteiger partial charge < -0.3 is 19.3 Å². The maximum Gasteiger partial charge on any atom is 0.427 e. The van der Waals surface area contributed by atoms with Crippen LogP contribution in [-0.4, -0.2) is 66.4 Å². The molecule has 1 amide bonds. The fourth-order valence-corrected chi connectivity index (χ4v) is 5.47. The zero-order chi connectivity index (χ0) is 31.0. The Kier molecular flexibility index (Phi) is 8.77. The van der Waals surface area contributed by atoms with Gasteiger partial charge in [0.1, 0.15) is 11.9 Å². The fraction of sp³-hybridized carbons (Fsp3) is 0.560. The van der Waals surface area contributed by atoms with E-state index in [9.17, 15) is 36.3 Å². The lowest BCUT2D eigenvalue weighted by Crippen LogP contribution is -2.46. The molecule has 2 heterocycles. The van der Waals surface area contributed by atoms with Gasteiger partial charge in [0.05, 0.1) is 24.3 Å². The number of hydrogen-bond acceptors (Lipinski definition) is 8. The largest absolute Gasteiger partial charge is 0.486 e. The number of amides is 1. The van der Waals surface area contributed by atoms with E-state index in [1.54, 1.807) is 13.8 Å². The molecule has 1 aliphatic rings. The molecule has 3 rings (SSSR count). The number of alkyl halides is 3. The second kappa shape index (κ2) is 11.3. The van der Waals surface area contributed by atoms with E-state index in [4.69, 9.17) is 9.47 Å². The summed E-state index contributed by atoms with van der Waals surface area (Å²) in [6.07, 6.45) is -5.90. The standard InChI is InChI=1S/C25H33F3N4O8S/c1-7-31-14-19(20(30-31)38-8-2)41(36,37)32-13-16(12-23(3,4)21(33)34)39-18-10-9-15(11-17(18)32)29-22(35)40-24(5,6)25(26,27)28/h9-11,14,16H,7-8,12-13H2,1-6H3,(H,29,35)(H,33,34)/t16-/m1/s1. The molecule has 0 saturated carbocycles. The molecule has 0 unspecified atom stereocenters. The average Bonchev–Trinajstić information content (AvgIpc) is 3.26. The summed E-state index contributed by atoms with van der Waals surface area (Å²) < 4.78 is 85.9. The van der Waals surface area contributed by atoms with E-state index in [0.717, 1.165) is 4.31 Å². The van der Waals surface area contributed by atoms with E-state index in [-0.39, 0.29) is 47.5 Å². The second-order valence-corrected chi connectivity index (χ2v) is 12.3. The van der Waals surface area contributed by atoms with E-state index >= 15 is 0 Å². The van der Waals surface area contributed by atoms with Crippen LogP contribution in [0.3, 0.4) is 0 Å². The Labute approximate surface area is 235 Å². The molecule has 0 fully saturated rings. The molecule has 12 nitrogen and oxygen atoms in total. The van der Waals surface area contributed by atoms with Crippen LogP contribution in [0.2, 0.25) is 0 Å². The molecule has 1 aliphatic heterocycles. The van der Waals surface area contributed by atoms with Crippen molar-refractivity contribution < 1.29 is 50.5 Å². The molecular formula is C25H33F3N4O8S. The van der Waals surface area contributed by atoms with Gasteiger partial charge in [-0.1, -0.05) is 0 Å². The number of carbonyl (C=O) groups is 2. The highest BCUT2D eigenvalue weighted by molar-refractivity contribution is 7.93. The van der Waals surface area contributed by atoms with E-state index in [1.165, 1.54) is 42.9 Å². The molecule has 1 aromatic carbocycles. The monoisotopic (exact) mass is 606 g/mol. The lowest BCUT2D eigenvalue weighted by Gasteiger charge is -2.37. The number of nitrogens with one attached hydrogen (secondary N) is 1. The Bertz CT molecular complexity index is 1410. The Morgan fingerprint density at radius 1 is 1.20 bits per heavy atom. The van der Waals surface area contributed by atoms with Crippen molar-refractivity contribution in [3.63, 3.8) is 0 Å². The zero-order valence-corrected chi connectivity index (χ0v) is 24.2. The van der Waals surface area contributed by atoms with Crippen molar-refractivity contribution in [2.75, 3.05) is 22.8 Å². The Morgan fingerprint density at radius 2 is 1.85 bits per heavy atom. The highest BCUT2D eigenvalue weighted by atomic mass is 32.2. The summed E-state index contributed by atoms with van der Waals surface area (Å²) in [5.41, 5.74) is -4.18. The molecule has 41 heavy (non-hydrogen) atoms. The smallest absolute Gasteiger partial charge is 0.427 e. The molecule has 0 saturated heterocycles. The Morgan fingerprint density at radius 3 is 2.41 bits per heavy atom. The van der Waals surface area contributed by atoms with E-state index < -0.39 is 45.4 Å². The maximum absolute atomic E-state index is 14.0. The molecule has 1 atom stereocenters. The number of aromatic nitrogens is 2. The molecule has 0 aliphatic carbocycles. The van der Waals surface area contributed by atoms with Crippen molar-refractivity contribution in [2.45, 2.75) is 77.3 Å². The third-order valence-corrected chi connectivity index (χ3v) is 8.12. The van der Waals surface area contributed by atoms with Gasteiger partial charge in [0.2, 0.25) is 5.60 Å². The van der Waals surface area contributed by atoms with E-state index in [2.05, 4.69) is 15.2 Å². The fourth-order valence-electron chi connectivity index (χ4n) is 3.89. The number of benzene rings is 1. The molecule has 228 valence electrons. The van der Waals surface area contributed by atoms with Crippen LogP contribution in [0.15, 0.2) is 29.3 Å². The molecule has 0 bridgehead atoms. The summed E-state index contributed by atoms with van der Waals surface area (Å²) in [6, 6.07) is 3.82. The number of nitrogens with zero attached hydrogens (tertiary/aromatic N) is 3. The lowest BCUT2D eigenvalue weighted by molar-refractivity contribution is -0.242. The summed E-state index contributed by atoms with van der Waals surface area (Å²) in [5.74, 6) is -1.21. The molecule has 2 aromatic rings. The van der Waals surface area contributed by atoms with Gasteiger partial charge in [0, 0.05) is 24.8 Å². The minimum absolute atomic E-state index is 0.0430. The predicted molar refractivity (Wildman–Crippen MR) is 141 cm³/mol. The number of sulfonamides is 1. The SMILES string of the molecule is CCOc1nn(CC)cc1S(=O)(=O)N1C[C@@H](CC(C)(C)C(=O)O)Oc2ccc(NC(=O)OC(C)(C)C(F)(F)F)cc21. The van der Waals surface area contributed by atoms with Crippen molar-refractivity contribution >= 4 is 33.5 Å². The van der Waals surface area contributed by atoms with Crippen molar-refractivity contribution in [2.24, 2.45) is 5.41 Å². The van der Waals surface area contributed by atoms with Crippen LogP contribution in [0.5, 0.6) is 11.6 Å². The minimum Gasteiger partial charge on any atom is -0.486 e. The number of aliphatic carboxylic acids is 1. The quantitative estimate of drug-likeness (QED) is 0.394. The molecular weight excluding hydrogens is 573 g/mol. The summed E-state index contributed by atoms with van der Waals surface area (Å²) >= 11 is 0. The first-order valence-corrected chi connectivity index (χ1v) is 14.1. The van der Waals surface area contributed by atoms with Gasteiger partial charge in [0.15, 0.2) is 4.90 Å².